The van der Waals surface area contributed by atoms with Gasteiger partial charge in [-0.25, -0.2) is 0 Å². The molecule has 3 nitrogen and oxygen atoms in total. The van der Waals surface area contributed by atoms with Crippen molar-refractivity contribution in [1.29, 1.82) is 0 Å². The largest absolute Gasteiger partial charge is 0.481 e. The number of rotatable bonds is 3. The van der Waals surface area contributed by atoms with Gasteiger partial charge in [0.05, 0.1) is 6.42 Å². The molecule has 0 aliphatic carbocycles. The van der Waals surface area contributed by atoms with Crippen molar-refractivity contribution in [3.8, 4) is 0 Å². The average Bonchev–Trinajstić information content (AvgIpc) is 2.56. The third kappa shape index (κ3) is 2.05. The van der Waals surface area contributed by atoms with Crippen LogP contribution in [0.4, 0.5) is 0 Å². The van der Waals surface area contributed by atoms with Gasteiger partial charge < -0.3 is 9.67 Å². The van der Waals surface area contributed by atoms with E-state index in [1.54, 1.807) is 0 Å². The van der Waals surface area contributed by atoms with E-state index in [0.717, 1.165) is 22.0 Å². The molecule has 1 N–H and O–H groups in total. The van der Waals surface area contributed by atoms with E-state index in [1.165, 1.54) is 0 Å². The topological polar surface area (TPSA) is 42.2 Å². The Hall–Kier alpha value is -1.77. The molecule has 0 saturated carbocycles. The van der Waals surface area contributed by atoms with Gasteiger partial charge in [-0.1, -0.05) is 12.1 Å². The van der Waals surface area contributed by atoms with Crippen molar-refractivity contribution < 1.29 is 9.90 Å². The number of aromatic nitrogens is 1. The van der Waals surface area contributed by atoms with E-state index in [-0.39, 0.29) is 6.42 Å². The van der Waals surface area contributed by atoms with Crippen LogP contribution < -0.4 is 0 Å². The highest BCUT2D eigenvalue weighted by atomic mass is 16.4. The second kappa shape index (κ2) is 4.24. The van der Waals surface area contributed by atoms with Gasteiger partial charge in [-0.3, -0.25) is 4.79 Å². The first kappa shape index (κ1) is 11.7. The van der Waals surface area contributed by atoms with Crippen LogP contribution in [0.1, 0.15) is 31.0 Å². The predicted octanol–water partition coefficient (Wildman–Crippen LogP) is 3.16. The van der Waals surface area contributed by atoms with Gasteiger partial charge in [0, 0.05) is 23.1 Å². The SMILES string of the molecule is Cc1cn(C(C)C)c2cccc(CC(=O)O)c12. The van der Waals surface area contributed by atoms with Crippen molar-refractivity contribution in [2.45, 2.75) is 33.2 Å². The number of hydrogen-bond donors (Lipinski definition) is 1. The Balaban J connectivity index is 2.68. The molecule has 0 unspecified atom stereocenters. The lowest BCUT2D eigenvalue weighted by atomic mass is 10.0. The normalized spacial score (nSPS) is 11.3. The molecule has 0 amide bonds. The van der Waals surface area contributed by atoms with E-state index >= 15 is 0 Å². The summed E-state index contributed by atoms with van der Waals surface area (Å²) in [5, 5.41) is 10.0. The number of aryl methyl sites for hydroxylation is 1. The van der Waals surface area contributed by atoms with E-state index in [4.69, 9.17) is 5.11 Å². The Labute approximate surface area is 101 Å². The molecule has 0 atom stereocenters. The smallest absolute Gasteiger partial charge is 0.307 e. The molecule has 0 fully saturated rings. The zero-order valence-electron chi connectivity index (χ0n) is 10.4. The van der Waals surface area contributed by atoms with Crippen LogP contribution in [-0.4, -0.2) is 15.6 Å². The molecule has 0 spiro atoms. The molecule has 90 valence electrons. The molecular weight excluding hydrogens is 214 g/mol. The number of benzene rings is 1. The first-order valence-corrected chi connectivity index (χ1v) is 5.81. The summed E-state index contributed by atoms with van der Waals surface area (Å²) < 4.78 is 2.19. The van der Waals surface area contributed by atoms with Crippen LogP contribution in [0.5, 0.6) is 0 Å². The highest BCUT2D eigenvalue weighted by Gasteiger charge is 2.12. The van der Waals surface area contributed by atoms with Crippen LogP contribution in [-0.2, 0) is 11.2 Å². The van der Waals surface area contributed by atoms with E-state index in [2.05, 4.69) is 24.6 Å². The zero-order chi connectivity index (χ0) is 12.6. The molecule has 0 radical (unpaired) electrons. The molecule has 17 heavy (non-hydrogen) atoms. The third-order valence-corrected chi connectivity index (χ3v) is 3.03. The zero-order valence-corrected chi connectivity index (χ0v) is 10.4. The van der Waals surface area contributed by atoms with Gasteiger partial charge in [0.25, 0.3) is 0 Å². The number of nitrogens with zero attached hydrogens (tertiary/aromatic N) is 1. The minimum atomic E-state index is -0.783. The molecular formula is C14H17NO2. The van der Waals surface area contributed by atoms with Gasteiger partial charge in [-0.05, 0) is 38.0 Å². The van der Waals surface area contributed by atoms with E-state index in [1.807, 2.05) is 25.1 Å². The molecule has 0 saturated heterocycles. The van der Waals surface area contributed by atoms with Crippen molar-refractivity contribution >= 4 is 16.9 Å². The Kier molecular flexibility index (Phi) is 2.92. The summed E-state index contributed by atoms with van der Waals surface area (Å²) in [6.07, 6.45) is 2.18. The Morgan fingerprint density at radius 1 is 1.41 bits per heavy atom. The monoisotopic (exact) mass is 231 g/mol. The fourth-order valence-electron chi connectivity index (χ4n) is 2.34. The summed E-state index contributed by atoms with van der Waals surface area (Å²) in [6, 6.07) is 6.26. The molecule has 1 heterocycles. The number of aliphatic carboxylic acids is 1. The molecule has 0 bridgehead atoms. The summed E-state index contributed by atoms with van der Waals surface area (Å²) in [6.45, 7) is 6.29. The maximum absolute atomic E-state index is 10.9. The summed E-state index contributed by atoms with van der Waals surface area (Å²) in [5.41, 5.74) is 3.16. The number of hydrogen-bond acceptors (Lipinski definition) is 1. The lowest BCUT2D eigenvalue weighted by Crippen LogP contribution is -2.01. The van der Waals surface area contributed by atoms with Crippen molar-refractivity contribution in [2.24, 2.45) is 0 Å². The Bertz CT molecular complexity index is 567. The van der Waals surface area contributed by atoms with Gasteiger partial charge in [-0.15, -0.1) is 0 Å². The standard InChI is InChI=1S/C14H17NO2/c1-9(2)15-8-10(3)14-11(7-13(16)17)5-4-6-12(14)15/h4-6,8-9H,7H2,1-3H3,(H,16,17). The average molecular weight is 231 g/mol. The molecule has 0 aliphatic rings. The highest BCUT2D eigenvalue weighted by Crippen LogP contribution is 2.27. The molecule has 2 rings (SSSR count). The molecule has 3 heteroatoms. The number of fused-ring (bicyclic) bond motifs is 1. The van der Waals surface area contributed by atoms with Gasteiger partial charge in [0.15, 0.2) is 0 Å². The van der Waals surface area contributed by atoms with Gasteiger partial charge >= 0.3 is 5.97 Å². The predicted molar refractivity (Wildman–Crippen MR) is 68.4 cm³/mol. The van der Waals surface area contributed by atoms with Crippen LogP contribution in [0.2, 0.25) is 0 Å². The first-order valence-electron chi connectivity index (χ1n) is 5.81. The molecule has 1 aromatic heterocycles. The maximum Gasteiger partial charge on any atom is 0.307 e. The summed E-state index contributed by atoms with van der Waals surface area (Å²) in [4.78, 5) is 10.9. The van der Waals surface area contributed by atoms with E-state index < -0.39 is 5.97 Å². The Morgan fingerprint density at radius 3 is 2.71 bits per heavy atom. The maximum atomic E-state index is 10.9. The summed E-state index contributed by atoms with van der Waals surface area (Å²) in [7, 11) is 0. The van der Waals surface area contributed by atoms with Crippen molar-refractivity contribution in [3.63, 3.8) is 0 Å². The number of carboxylic acid groups (broad SMARTS) is 1. The fourth-order valence-corrected chi connectivity index (χ4v) is 2.34. The second-order valence-electron chi connectivity index (χ2n) is 4.69. The quantitative estimate of drug-likeness (QED) is 0.881. The lowest BCUT2D eigenvalue weighted by molar-refractivity contribution is -0.136. The van der Waals surface area contributed by atoms with Crippen molar-refractivity contribution in [3.05, 3.63) is 35.5 Å². The lowest BCUT2D eigenvalue weighted by Gasteiger charge is -2.09. The first-order chi connectivity index (χ1) is 8.00. The van der Waals surface area contributed by atoms with Crippen molar-refractivity contribution in [2.75, 3.05) is 0 Å². The van der Waals surface area contributed by atoms with Gasteiger partial charge in [-0.2, -0.15) is 0 Å². The van der Waals surface area contributed by atoms with Gasteiger partial charge in [0.1, 0.15) is 0 Å². The summed E-state index contributed by atoms with van der Waals surface area (Å²) >= 11 is 0. The number of carboxylic acids is 1. The number of carbonyl (C=O) groups is 1. The fraction of sp³-hybridized carbons (Fsp3) is 0.357. The second-order valence-corrected chi connectivity index (χ2v) is 4.69. The minimum absolute atomic E-state index is 0.0836. The molecule has 2 aromatic rings. The summed E-state index contributed by atoms with van der Waals surface area (Å²) in [5.74, 6) is -0.783. The Morgan fingerprint density at radius 2 is 2.12 bits per heavy atom. The molecule has 1 aromatic carbocycles. The van der Waals surface area contributed by atoms with Crippen LogP contribution >= 0.6 is 0 Å². The van der Waals surface area contributed by atoms with Crippen molar-refractivity contribution in [1.82, 2.24) is 4.57 Å². The molecule has 0 aliphatic heterocycles. The van der Waals surface area contributed by atoms with Crippen LogP contribution in [0.15, 0.2) is 24.4 Å². The van der Waals surface area contributed by atoms with Crippen LogP contribution in [0.3, 0.4) is 0 Å². The van der Waals surface area contributed by atoms with Gasteiger partial charge in [0.2, 0.25) is 0 Å². The van der Waals surface area contributed by atoms with E-state index in [0.29, 0.717) is 6.04 Å². The van der Waals surface area contributed by atoms with Crippen LogP contribution in [0, 0.1) is 6.92 Å². The highest BCUT2D eigenvalue weighted by molar-refractivity contribution is 5.90. The minimum Gasteiger partial charge on any atom is -0.481 e. The third-order valence-electron chi connectivity index (χ3n) is 3.03. The van der Waals surface area contributed by atoms with Crippen LogP contribution in [0.25, 0.3) is 10.9 Å². The van der Waals surface area contributed by atoms with E-state index in [9.17, 15) is 4.79 Å².